The Morgan fingerprint density at radius 2 is 1.32 bits per heavy atom. The molecule has 0 heterocycles. The predicted octanol–water partition coefficient (Wildman–Crippen LogP) is 4.21. The van der Waals surface area contributed by atoms with Gasteiger partial charge in [-0.15, -0.1) is 0 Å². The van der Waals surface area contributed by atoms with E-state index >= 15 is 0 Å². The van der Waals surface area contributed by atoms with Crippen molar-refractivity contribution >= 4 is 12.0 Å². The van der Waals surface area contributed by atoms with Crippen LogP contribution in [0, 0.1) is 29.1 Å². The summed E-state index contributed by atoms with van der Waals surface area (Å²) in [6.07, 6.45) is 2.07. The van der Waals surface area contributed by atoms with E-state index in [0.29, 0.717) is 5.56 Å². The molecule has 2 rings (SSSR count). The molecule has 7 heteroatoms. The Bertz CT molecular complexity index is 712. The Morgan fingerprint density at radius 3 is 1.86 bits per heavy atom. The van der Waals surface area contributed by atoms with Crippen LogP contribution in [0.1, 0.15) is 15.9 Å². The molecule has 0 saturated carbocycles. The van der Waals surface area contributed by atoms with Crippen molar-refractivity contribution in [2.24, 2.45) is 0 Å². The van der Waals surface area contributed by atoms with Gasteiger partial charge in [0.05, 0.1) is 6.26 Å². The highest BCUT2D eigenvalue weighted by atomic mass is 19.2. The quantitative estimate of drug-likeness (QED) is 0.279. The summed E-state index contributed by atoms with van der Waals surface area (Å²) in [7, 11) is 0. The van der Waals surface area contributed by atoms with Gasteiger partial charge >= 0.3 is 5.97 Å². The second kappa shape index (κ2) is 6.38. The molecule has 0 amide bonds. The minimum Gasteiger partial charge on any atom is -0.431 e. The highest BCUT2D eigenvalue weighted by Crippen LogP contribution is 2.23. The predicted molar refractivity (Wildman–Crippen MR) is 67.1 cm³/mol. The first-order valence-electron chi connectivity index (χ1n) is 5.87. The van der Waals surface area contributed by atoms with Gasteiger partial charge in [-0.1, -0.05) is 30.3 Å². The van der Waals surface area contributed by atoms with E-state index < -0.39 is 40.6 Å². The molecule has 0 aromatic heterocycles. The number of rotatable bonds is 3. The fourth-order valence-electron chi connectivity index (χ4n) is 1.58. The zero-order valence-electron chi connectivity index (χ0n) is 10.7. The molecule has 0 fully saturated rings. The van der Waals surface area contributed by atoms with Gasteiger partial charge in [0.25, 0.3) is 0 Å². The lowest BCUT2D eigenvalue weighted by Gasteiger charge is -2.06. The van der Waals surface area contributed by atoms with Crippen LogP contribution in [0.4, 0.5) is 22.0 Å². The van der Waals surface area contributed by atoms with Gasteiger partial charge in [0.15, 0.2) is 23.3 Å². The summed E-state index contributed by atoms with van der Waals surface area (Å²) >= 11 is 0. The molecule has 2 nitrogen and oxygen atoms in total. The van der Waals surface area contributed by atoms with Crippen molar-refractivity contribution in [3.63, 3.8) is 0 Å². The molecule has 0 aliphatic heterocycles. The standard InChI is InChI=1S/C15H7F5O2/c16-10-9(11(17)13(19)14(20)12(10)18)15(21)22-7-6-8-4-2-1-3-5-8/h1-7H/b7-6-. The number of halogens is 5. The lowest BCUT2D eigenvalue weighted by molar-refractivity contribution is 0.0651. The molecule has 0 aliphatic rings. The smallest absolute Gasteiger partial charge is 0.349 e. The minimum atomic E-state index is -2.34. The van der Waals surface area contributed by atoms with E-state index in [4.69, 9.17) is 0 Å². The lowest BCUT2D eigenvalue weighted by atomic mass is 10.1. The van der Waals surface area contributed by atoms with Gasteiger partial charge < -0.3 is 4.74 Å². The number of carbonyl (C=O) groups is 1. The third-order valence-corrected chi connectivity index (χ3v) is 2.65. The van der Waals surface area contributed by atoms with Crippen molar-refractivity contribution in [2.75, 3.05) is 0 Å². The fourth-order valence-corrected chi connectivity index (χ4v) is 1.58. The maximum atomic E-state index is 13.4. The first-order chi connectivity index (χ1) is 10.4. The Morgan fingerprint density at radius 1 is 0.818 bits per heavy atom. The van der Waals surface area contributed by atoms with Crippen LogP contribution in [-0.2, 0) is 4.74 Å². The van der Waals surface area contributed by atoms with Gasteiger partial charge in [0.2, 0.25) is 5.82 Å². The highest BCUT2D eigenvalue weighted by Gasteiger charge is 2.30. The zero-order chi connectivity index (χ0) is 16.3. The Kier molecular flexibility index (Phi) is 4.55. The molecule has 114 valence electrons. The molecular weight excluding hydrogens is 307 g/mol. The Labute approximate surface area is 121 Å². The van der Waals surface area contributed by atoms with Gasteiger partial charge in [-0.2, -0.15) is 0 Å². The first-order valence-corrected chi connectivity index (χ1v) is 5.87. The van der Waals surface area contributed by atoms with E-state index in [1.54, 1.807) is 30.3 Å². The Hall–Kier alpha value is -2.70. The van der Waals surface area contributed by atoms with Crippen molar-refractivity contribution in [3.05, 3.63) is 76.8 Å². The third-order valence-electron chi connectivity index (χ3n) is 2.65. The number of esters is 1. The average Bonchev–Trinajstić information content (AvgIpc) is 2.52. The normalized spacial score (nSPS) is 11.0. The van der Waals surface area contributed by atoms with Crippen LogP contribution in [0.5, 0.6) is 0 Å². The lowest BCUT2D eigenvalue weighted by Crippen LogP contribution is -2.13. The van der Waals surface area contributed by atoms with E-state index in [-0.39, 0.29) is 0 Å². The van der Waals surface area contributed by atoms with E-state index in [0.717, 1.165) is 6.26 Å². The summed E-state index contributed by atoms with van der Waals surface area (Å²) in [4.78, 5) is 11.5. The van der Waals surface area contributed by atoms with Gasteiger partial charge in [0.1, 0.15) is 5.56 Å². The largest absolute Gasteiger partial charge is 0.431 e. The summed E-state index contributed by atoms with van der Waals surface area (Å²) in [5, 5.41) is 0. The average molecular weight is 314 g/mol. The molecule has 2 aromatic carbocycles. The second-order valence-corrected chi connectivity index (χ2v) is 4.06. The summed E-state index contributed by atoms with van der Waals surface area (Å²) < 4.78 is 69.9. The maximum Gasteiger partial charge on any atom is 0.349 e. The molecular formula is C15H7F5O2. The fraction of sp³-hybridized carbons (Fsp3) is 0. The van der Waals surface area contributed by atoms with Crippen LogP contribution >= 0.6 is 0 Å². The number of benzene rings is 2. The van der Waals surface area contributed by atoms with Crippen molar-refractivity contribution < 1.29 is 31.5 Å². The number of carbonyl (C=O) groups excluding carboxylic acids is 1. The topological polar surface area (TPSA) is 26.3 Å². The molecule has 0 unspecified atom stereocenters. The monoisotopic (exact) mass is 314 g/mol. The molecule has 0 saturated heterocycles. The molecule has 2 aromatic rings. The second-order valence-electron chi connectivity index (χ2n) is 4.06. The van der Waals surface area contributed by atoms with Crippen LogP contribution in [0.3, 0.4) is 0 Å². The summed E-state index contributed by atoms with van der Waals surface area (Å²) in [6.45, 7) is 0. The molecule has 0 N–H and O–H groups in total. The van der Waals surface area contributed by atoms with Crippen LogP contribution < -0.4 is 0 Å². The molecule has 0 atom stereocenters. The van der Waals surface area contributed by atoms with Gasteiger partial charge in [-0.05, 0) is 11.6 Å². The molecule has 0 aliphatic carbocycles. The Balaban J connectivity index is 2.26. The highest BCUT2D eigenvalue weighted by molar-refractivity contribution is 5.90. The van der Waals surface area contributed by atoms with E-state index in [1.165, 1.54) is 6.08 Å². The van der Waals surface area contributed by atoms with E-state index in [1.807, 2.05) is 0 Å². The van der Waals surface area contributed by atoms with Gasteiger partial charge in [-0.3, -0.25) is 0 Å². The summed E-state index contributed by atoms with van der Waals surface area (Å²) in [5.74, 6) is -12.9. The van der Waals surface area contributed by atoms with Crippen molar-refractivity contribution in [3.8, 4) is 0 Å². The van der Waals surface area contributed by atoms with E-state index in [2.05, 4.69) is 4.74 Å². The number of hydrogen-bond acceptors (Lipinski definition) is 2. The van der Waals surface area contributed by atoms with Crippen LogP contribution in [-0.4, -0.2) is 5.97 Å². The molecule has 0 spiro atoms. The third kappa shape index (κ3) is 2.98. The van der Waals surface area contributed by atoms with E-state index in [9.17, 15) is 26.7 Å². The van der Waals surface area contributed by atoms with Crippen molar-refractivity contribution in [1.82, 2.24) is 0 Å². The molecule has 0 radical (unpaired) electrons. The molecule has 22 heavy (non-hydrogen) atoms. The SMILES string of the molecule is O=C(O/C=C\c1ccccc1)c1c(F)c(F)c(F)c(F)c1F. The maximum absolute atomic E-state index is 13.4. The van der Waals surface area contributed by atoms with Gasteiger partial charge in [0, 0.05) is 0 Å². The van der Waals surface area contributed by atoms with Crippen LogP contribution in [0.15, 0.2) is 36.6 Å². The van der Waals surface area contributed by atoms with Crippen LogP contribution in [0.25, 0.3) is 6.08 Å². The minimum absolute atomic E-state index is 0.604. The van der Waals surface area contributed by atoms with Crippen molar-refractivity contribution in [1.29, 1.82) is 0 Å². The number of ether oxygens (including phenoxy) is 1. The summed E-state index contributed by atoms with van der Waals surface area (Å²) in [5.41, 5.74) is -1.04. The first kappa shape index (κ1) is 15.7. The summed E-state index contributed by atoms with van der Waals surface area (Å²) in [6, 6.07) is 8.39. The number of hydrogen-bond donors (Lipinski definition) is 0. The van der Waals surface area contributed by atoms with Crippen molar-refractivity contribution in [2.45, 2.75) is 0 Å². The molecule has 0 bridgehead atoms. The van der Waals surface area contributed by atoms with Gasteiger partial charge in [-0.25, -0.2) is 26.7 Å². The zero-order valence-corrected chi connectivity index (χ0v) is 10.7. The van der Waals surface area contributed by atoms with Crippen LogP contribution in [0.2, 0.25) is 0 Å².